The zero-order valence-electron chi connectivity index (χ0n) is 12.0. The minimum Gasteiger partial charge on any atom is -0.352 e. The molecule has 0 aliphatic heterocycles. The van der Waals surface area contributed by atoms with Gasteiger partial charge in [-0.1, -0.05) is 24.3 Å². The van der Waals surface area contributed by atoms with Crippen molar-refractivity contribution in [3.63, 3.8) is 0 Å². The second kappa shape index (κ2) is 8.67. The lowest BCUT2D eigenvalue weighted by atomic mass is 10.1. The Labute approximate surface area is 116 Å². The molecule has 0 bridgehead atoms. The lowest BCUT2D eigenvalue weighted by molar-refractivity contribution is -0.121. The summed E-state index contributed by atoms with van der Waals surface area (Å²) in [4.78, 5) is 13.8. The van der Waals surface area contributed by atoms with Crippen molar-refractivity contribution in [2.75, 3.05) is 20.6 Å². The normalized spacial score (nSPS) is 10.7. The number of hydrogen-bond donors (Lipinski definition) is 2. The molecule has 0 unspecified atom stereocenters. The van der Waals surface area contributed by atoms with Gasteiger partial charge in [0.25, 0.3) is 0 Å². The largest absolute Gasteiger partial charge is 0.352 e. The quantitative estimate of drug-likeness (QED) is 0.699. The Morgan fingerprint density at radius 3 is 2.53 bits per heavy atom. The van der Waals surface area contributed by atoms with E-state index in [1.165, 1.54) is 11.1 Å². The zero-order chi connectivity index (χ0) is 14.1. The van der Waals surface area contributed by atoms with Crippen molar-refractivity contribution in [3.8, 4) is 0 Å². The lowest BCUT2D eigenvalue weighted by Crippen LogP contribution is -2.24. The maximum Gasteiger partial charge on any atom is 0.220 e. The van der Waals surface area contributed by atoms with Crippen LogP contribution >= 0.6 is 0 Å². The first-order valence-electron chi connectivity index (χ1n) is 6.81. The molecule has 0 spiro atoms. The molecule has 0 aliphatic carbocycles. The van der Waals surface area contributed by atoms with E-state index in [9.17, 15) is 4.79 Å². The number of amides is 1. The number of nitrogens with one attached hydrogen (secondary N) is 1. The van der Waals surface area contributed by atoms with E-state index < -0.39 is 0 Å². The third kappa shape index (κ3) is 6.36. The fourth-order valence-electron chi connectivity index (χ4n) is 1.94. The molecule has 1 aromatic rings. The Hall–Kier alpha value is -1.39. The summed E-state index contributed by atoms with van der Waals surface area (Å²) in [5.41, 5.74) is 7.85. The molecule has 1 aromatic carbocycles. The predicted octanol–water partition coefficient (Wildman–Crippen LogP) is 1.49. The predicted molar refractivity (Wildman–Crippen MR) is 78.6 cm³/mol. The molecule has 19 heavy (non-hydrogen) atoms. The van der Waals surface area contributed by atoms with E-state index in [4.69, 9.17) is 5.73 Å². The summed E-state index contributed by atoms with van der Waals surface area (Å²) in [6.45, 7) is 2.14. The van der Waals surface area contributed by atoms with Gasteiger partial charge in [-0.25, -0.2) is 0 Å². The number of nitrogens with two attached hydrogens (primary N) is 1. The summed E-state index contributed by atoms with van der Waals surface area (Å²) in [6.07, 6.45) is 2.33. The van der Waals surface area contributed by atoms with Crippen LogP contribution in [0.5, 0.6) is 0 Å². The topological polar surface area (TPSA) is 58.4 Å². The fraction of sp³-hybridized carbons (Fsp3) is 0.533. The van der Waals surface area contributed by atoms with Gasteiger partial charge in [-0.05, 0) is 44.6 Å². The van der Waals surface area contributed by atoms with Gasteiger partial charge in [0, 0.05) is 19.5 Å². The Morgan fingerprint density at radius 2 is 1.89 bits per heavy atom. The first-order chi connectivity index (χ1) is 9.13. The Bertz CT molecular complexity index is 391. The van der Waals surface area contributed by atoms with Crippen LogP contribution in [0, 0.1) is 0 Å². The molecule has 0 saturated heterocycles. The van der Waals surface area contributed by atoms with Crippen LogP contribution in [0.1, 0.15) is 30.4 Å². The van der Waals surface area contributed by atoms with E-state index >= 15 is 0 Å². The maximum atomic E-state index is 11.7. The minimum absolute atomic E-state index is 0.105. The van der Waals surface area contributed by atoms with Crippen molar-refractivity contribution in [2.45, 2.75) is 32.4 Å². The number of unbranched alkanes of at least 4 members (excludes halogenated alkanes) is 1. The molecule has 0 fully saturated rings. The van der Waals surface area contributed by atoms with Gasteiger partial charge in [-0.3, -0.25) is 4.79 Å². The van der Waals surface area contributed by atoms with Crippen molar-refractivity contribution in [3.05, 3.63) is 35.4 Å². The van der Waals surface area contributed by atoms with Crippen LogP contribution in [-0.2, 0) is 17.9 Å². The van der Waals surface area contributed by atoms with E-state index in [1.807, 2.05) is 26.2 Å². The lowest BCUT2D eigenvalue weighted by Gasteiger charge is -2.14. The molecule has 1 rings (SSSR count). The summed E-state index contributed by atoms with van der Waals surface area (Å²) in [6, 6.07) is 8.22. The maximum absolute atomic E-state index is 11.7. The van der Waals surface area contributed by atoms with E-state index in [-0.39, 0.29) is 5.91 Å². The Kier molecular flexibility index (Phi) is 7.15. The van der Waals surface area contributed by atoms with Crippen LogP contribution in [0.3, 0.4) is 0 Å². The first kappa shape index (κ1) is 15.7. The van der Waals surface area contributed by atoms with Gasteiger partial charge in [-0.15, -0.1) is 0 Å². The summed E-state index contributed by atoms with van der Waals surface area (Å²) < 4.78 is 0. The van der Waals surface area contributed by atoms with E-state index in [0.717, 1.165) is 19.4 Å². The monoisotopic (exact) mass is 263 g/mol. The van der Waals surface area contributed by atoms with Crippen LogP contribution < -0.4 is 11.1 Å². The first-order valence-corrected chi connectivity index (χ1v) is 6.81. The average molecular weight is 263 g/mol. The highest BCUT2D eigenvalue weighted by Crippen LogP contribution is 2.10. The van der Waals surface area contributed by atoms with Gasteiger partial charge < -0.3 is 16.0 Å². The highest BCUT2D eigenvalue weighted by molar-refractivity contribution is 5.75. The average Bonchev–Trinajstić information content (AvgIpc) is 2.37. The van der Waals surface area contributed by atoms with Gasteiger partial charge in [0.1, 0.15) is 0 Å². The summed E-state index contributed by atoms with van der Waals surface area (Å²) in [7, 11) is 4.09. The molecule has 1 amide bonds. The van der Waals surface area contributed by atoms with Crippen LogP contribution in [0.4, 0.5) is 0 Å². The molecule has 4 heteroatoms. The second-order valence-corrected chi connectivity index (χ2v) is 5.03. The van der Waals surface area contributed by atoms with Gasteiger partial charge in [0.05, 0.1) is 0 Å². The van der Waals surface area contributed by atoms with E-state index in [2.05, 4.69) is 22.3 Å². The highest BCUT2D eigenvalue weighted by Gasteiger charge is 2.05. The third-order valence-corrected chi connectivity index (χ3v) is 2.94. The van der Waals surface area contributed by atoms with Gasteiger partial charge in [-0.2, -0.15) is 0 Å². The molecule has 0 heterocycles. The third-order valence-electron chi connectivity index (χ3n) is 2.94. The Morgan fingerprint density at radius 1 is 1.21 bits per heavy atom. The number of nitrogens with zero attached hydrogens (tertiary/aromatic N) is 1. The smallest absolute Gasteiger partial charge is 0.220 e. The number of rotatable bonds is 8. The van der Waals surface area contributed by atoms with Crippen molar-refractivity contribution in [1.82, 2.24) is 10.2 Å². The minimum atomic E-state index is 0.105. The van der Waals surface area contributed by atoms with Gasteiger partial charge in [0.15, 0.2) is 0 Å². The molecular formula is C15H25N3O. The highest BCUT2D eigenvalue weighted by atomic mass is 16.1. The molecule has 106 valence electrons. The number of hydrogen-bond acceptors (Lipinski definition) is 3. The molecule has 4 nitrogen and oxygen atoms in total. The summed E-state index contributed by atoms with van der Waals surface area (Å²) >= 11 is 0. The van der Waals surface area contributed by atoms with Crippen molar-refractivity contribution in [1.29, 1.82) is 0 Å². The van der Waals surface area contributed by atoms with Gasteiger partial charge in [0.2, 0.25) is 5.91 Å². The van der Waals surface area contributed by atoms with E-state index in [0.29, 0.717) is 19.5 Å². The molecule has 0 aromatic heterocycles. The standard InChI is InChI=1S/C15H25N3O/c1-18(2)12-14-8-4-3-7-13(14)11-17-15(19)9-5-6-10-16/h3-4,7-8H,5-6,9-12,16H2,1-2H3,(H,17,19). The van der Waals surface area contributed by atoms with Crippen LogP contribution in [0.2, 0.25) is 0 Å². The second-order valence-electron chi connectivity index (χ2n) is 5.03. The molecule has 3 N–H and O–H groups in total. The fourth-order valence-corrected chi connectivity index (χ4v) is 1.94. The summed E-state index contributed by atoms with van der Waals surface area (Å²) in [5.74, 6) is 0.105. The summed E-state index contributed by atoms with van der Waals surface area (Å²) in [5, 5.41) is 2.97. The molecular weight excluding hydrogens is 238 g/mol. The number of carbonyl (C=O) groups is 1. The molecule has 0 atom stereocenters. The molecule has 0 saturated carbocycles. The van der Waals surface area contributed by atoms with Crippen molar-refractivity contribution >= 4 is 5.91 Å². The number of benzene rings is 1. The van der Waals surface area contributed by atoms with Crippen LogP contribution in [-0.4, -0.2) is 31.4 Å². The SMILES string of the molecule is CN(C)Cc1ccccc1CNC(=O)CCCCN. The van der Waals surface area contributed by atoms with Crippen molar-refractivity contribution in [2.24, 2.45) is 5.73 Å². The van der Waals surface area contributed by atoms with Crippen LogP contribution in [0.25, 0.3) is 0 Å². The molecule has 0 aliphatic rings. The van der Waals surface area contributed by atoms with Gasteiger partial charge >= 0.3 is 0 Å². The molecule has 0 radical (unpaired) electrons. The number of carbonyl (C=O) groups excluding carboxylic acids is 1. The zero-order valence-corrected chi connectivity index (χ0v) is 12.0. The Balaban J connectivity index is 2.46. The van der Waals surface area contributed by atoms with Crippen molar-refractivity contribution < 1.29 is 4.79 Å². The van der Waals surface area contributed by atoms with Crippen LogP contribution in [0.15, 0.2) is 24.3 Å². The van der Waals surface area contributed by atoms with E-state index in [1.54, 1.807) is 0 Å².